The molecule has 5 rings (SSSR count). The second-order valence-electron chi connectivity index (χ2n) is 7.95. The van der Waals surface area contributed by atoms with Crippen molar-refractivity contribution in [1.29, 1.82) is 5.26 Å². The lowest BCUT2D eigenvalue weighted by Gasteiger charge is -2.13. The van der Waals surface area contributed by atoms with Gasteiger partial charge >= 0.3 is 0 Å². The van der Waals surface area contributed by atoms with Gasteiger partial charge in [0.25, 0.3) is 0 Å². The Morgan fingerprint density at radius 3 is 2.38 bits per heavy atom. The zero-order valence-electron chi connectivity index (χ0n) is 19.3. The maximum atomic E-state index is 10.0. The molecule has 3 aromatic carbocycles. The first-order valence-electron chi connectivity index (χ1n) is 11.2. The van der Waals surface area contributed by atoms with E-state index in [2.05, 4.69) is 26.7 Å². The smallest absolute Gasteiger partial charge is 0.190 e. The Balaban J connectivity index is 1.43. The number of anilines is 2. The van der Waals surface area contributed by atoms with Crippen molar-refractivity contribution in [3.8, 4) is 17.3 Å². The molecule has 182 valence electrons. The average molecular weight is 544 g/mol. The van der Waals surface area contributed by atoms with E-state index < -0.39 is 0 Å². The summed E-state index contributed by atoms with van der Waals surface area (Å²) in [5.41, 5.74) is 4.07. The van der Waals surface area contributed by atoms with Crippen LogP contribution in [-0.4, -0.2) is 25.0 Å². The largest absolute Gasteiger partial charge is 0.338 e. The van der Waals surface area contributed by atoms with E-state index in [1.165, 1.54) is 11.8 Å². The number of hydrogen-bond donors (Lipinski definition) is 1. The molecule has 7 nitrogen and oxygen atoms in total. The molecule has 0 aliphatic carbocycles. The van der Waals surface area contributed by atoms with Gasteiger partial charge in [-0.25, -0.2) is 14.6 Å². The summed E-state index contributed by atoms with van der Waals surface area (Å²) in [4.78, 5) is 9.38. The SMILES string of the molecule is N#Cc1c(Nc2ccccc2Cl)nc(SCc2cn(Cc3ccccc3Cl)nn2)nc1-c1ccccc1. The molecule has 0 spiro atoms. The van der Waals surface area contributed by atoms with Crippen LogP contribution in [0.5, 0.6) is 0 Å². The van der Waals surface area contributed by atoms with Crippen LogP contribution in [-0.2, 0) is 12.3 Å². The fourth-order valence-corrected chi connectivity index (χ4v) is 4.72. The van der Waals surface area contributed by atoms with Gasteiger partial charge in [-0.15, -0.1) is 5.10 Å². The highest BCUT2D eigenvalue weighted by Crippen LogP contribution is 2.33. The zero-order valence-corrected chi connectivity index (χ0v) is 21.7. The molecule has 0 atom stereocenters. The number of thioether (sulfide) groups is 1. The Bertz CT molecular complexity index is 1580. The summed E-state index contributed by atoms with van der Waals surface area (Å²) >= 11 is 14.0. The first kappa shape index (κ1) is 24.8. The highest BCUT2D eigenvalue weighted by molar-refractivity contribution is 7.98. The molecule has 0 aliphatic heterocycles. The van der Waals surface area contributed by atoms with Gasteiger partial charge in [-0.05, 0) is 23.8 Å². The third-order valence-electron chi connectivity index (χ3n) is 5.40. The molecule has 0 fully saturated rings. The average Bonchev–Trinajstić information content (AvgIpc) is 3.37. The van der Waals surface area contributed by atoms with Crippen molar-refractivity contribution in [2.75, 3.05) is 5.32 Å². The lowest BCUT2D eigenvalue weighted by molar-refractivity contribution is 0.649. The summed E-state index contributed by atoms with van der Waals surface area (Å²) in [5, 5.41) is 23.4. The summed E-state index contributed by atoms with van der Waals surface area (Å²) in [7, 11) is 0. The molecule has 0 unspecified atom stereocenters. The molecule has 2 aromatic heterocycles. The fourth-order valence-electron chi connectivity index (χ4n) is 3.62. The second-order valence-corrected chi connectivity index (χ2v) is 9.71. The number of nitriles is 1. The van der Waals surface area contributed by atoms with Crippen LogP contribution in [0.3, 0.4) is 0 Å². The van der Waals surface area contributed by atoms with Crippen molar-refractivity contribution in [1.82, 2.24) is 25.0 Å². The van der Waals surface area contributed by atoms with E-state index in [1.807, 2.05) is 79.0 Å². The number of hydrogen-bond acceptors (Lipinski definition) is 7. The first-order valence-corrected chi connectivity index (χ1v) is 13.0. The Morgan fingerprint density at radius 2 is 1.62 bits per heavy atom. The van der Waals surface area contributed by atoms with Crippen LogP contribution >= 0.6 is 35.0 Å². The van der Waals surface area contributed by atoms with Crippen LogP contribution in [0.1, 0.15) is 16.8 Å². The van der Waals surface area contributed by atoms with Crippen molar-refractivity contribution in [3.05, 3.63) is 112 Å². The van der Waals surface area contributed by atoms with Crippen molar-refractivity contribution in [3.63, 3.8) is 0 Å². The van der Waals surface area contributed by atoms with Gasteiger partial charge < -0.3 is 5.32 Å². The van der Waals surface area contributed by atoms with Crippen LogP contribution < -0.4 is 5.32 Å². The van der Waals surface area contributed by atoms with Gasteiger partial charge in [-0.3, -0.25) is 0 Å². The number of benzene rings is 3. The monoisotopic (exact) mass is 543 g/mol. The van der Waals surface area contributed by atoms with E-state index >= 15 is 0 Å². The van der Waals surface area contributed by atoms with E-state index in [1.54, 1.807) is 10.7 Å². The molecule has 0 aliphatic rings. The lowest BCUT2D eigenvalue weighted by Crippen LogP contribution is -2.04. The molecular formula is C27H19Cl2N7S. The molecular weight excluding hydrogens is 525 g/mol. The number of rotatable bonds is 8. The Kier molecular flexibility index (Phi) is 7.66. The molecule has 2 heterocycles. The van der Waals surface area contributed by atoms with E-state index in [9.17, 15) is 5.26 Å². The maximum Gasteiger partial charge on any atom is 0.190 e. The summed E-state index contributed by atoms with van der Waals surface area (Å²) in [5.74, 6) is 0.878. The normalized spacial score (nSPS) is 10.7. The number of halogens is 2. The minimum Gasteiger partial charge on any atom is -0.338 e. The molecule has 10 heteroatoms. The molecule has 1 N–H and O–H groups in total. The van der Waals surface area contributed by atoms with Gasteiger partial charge in [-0.2, -0.15) is 5.26 Å². The van der Waals surface area contributed by atoms with Crippen molar-refractivity contribution >= 4 is 46.5 Å². The van der Waals surface area contributed by atoms with E-state index in [4.69, 9.17) is 28.2 Å². The molecule has 0 saturated heterocycles. The third kappa shape index (κ3) is 5.92. The Morgan fingerprint density at radius 1 is 0.892 bits per heavy atom. The van der Waals surface area contributed by atoms with Crippen LogP contribution in [0.25, 0.3) is 11.3 Å². The van der Waals surface area contributed by atoms with Crippen molar-refractivity contribution in [2.45, 2.75) is 17.5 Å². The first-order chi connectivity index (χ1) is 18.1. The van der Waals surface area contributed by atoms with Gasteiger partial charge in [0.05, 0.1) is 28.6 Å². The van der Waals surface area contributed by atoms with Gasteiger partial charge in [0.1, 0.15) is 11.6 Å². The molecule has 0 saturated carbocycles. The number of nitrogens with one attached hydrogen (secondary N) is 1. The Hall–Kier alpha value is -3.90. The molecule has 0 amide bonds. The van der Waals surface area contributed by atoms with Gasteiger partial charge in [0, 0.05) is 22.5 Å². The summed E-state index contributed by atoms with van der Waals surface area (Å²) < 4.78 is 1.75. The van der Waals surface area contributed by atoms with Crippen LogP contribution in [0.4, 0.5) is 11.5 Å². The minimum atomic E-state index is 0.334. The molecule has 5 aromatic rings. The Labute approximate surface area is 228 Å². The number of aromatic nitrogens is 5. The predicted octanol–water partition coefficient (Wildman–Crippen LogP) is 7.00. The standard InChI is InChI=1S/C27H19Cl2N7S/c28-22-11-5-4-10-19(22)15-36-16-20(34-35-36)17-37-27-32-25(18-8-2-1-3-9-18)21(14-30)26(33-27)31-24-13-7-6-12-23(24)29/h1-13,16H,15,17H2,(H,31,32,33). The zero-order chi connectivity index (χ0) is 25.6. The summed E-state index contributed by atoms with van der Waals surface area (Å²) in [6, 6.07) is 26.8. The number of nitrogens with zero attached hydrogens (tertiary/aromatic N) is 6. The predicted molar refractivity (Wildman–Crippen MR) is 147 cm³/mol. The minimum absolute atomic E-state index is 0.334. The second kappa shape index (κ2) is 11.4. The highest BCUT2D eigenvalue weighted by Gasteiger charge is 2.18. The van der Waals surface area contributed by atoms with Crippen molar-refractivity contribution in [2.24, 2.45) is 0 Å². The van der Waals surface area contributed by atoms with Crippen molar-refractivity contribution < 1.29 is 0 Å². The van der Waals surface area contributed by atoms with E-state index in [-0.39, 0.29) is 0 Å². The summed E-state index contributed by atoms with van der Waals surface area (Å²) in [6.45, 7) is 0.523. The lowest BCUT2D eigenvalue weighted by atomic mass is 10.1. The molecule has 37 heavy (non-hydrogen) atoms. The molecule has 0 bridgehead atoms. The van der Waals surface area contributed by atoms with Crippen LogP contribution in [0, 0.1) is 11.3 Å². The van der Waals surface area contributed by atoms with E-state index in [0.717, 1.165) is 16.8 Å². The van der Waals surface area contributed by atoms with E-state index in [0.29, 0.717) is 50.3 Å². The van der Waals surface area contributed by atoms with Gasteiger partial charge in [0.15, 0.2) is 11.0 Å². The van der Waals surface area contributed by atoms with Gasteiger partial charge in [-0.1, -0.05) is 101 Å². The fraction of sp³-hybridized carbons (Fsp3) is 0.0741. The number of para-hydroxylation sites is 1. The van der Waals surface area contributed by atoms with Crippen LogP contribution in [0.15, 0.2) is 90.2 Å². The third-order valence-corrected chi connectivity index (χ3v) is 6.98. The topological polar surface area (TPSA) is 92.3 Å². The summed E-state index contributed by atoms with van der Waals surface area (Å²) in [6.07, 6.45) is 1.88. The van der Waals surface area contributed by atoms with Gasteiger partial charge in [0.2, 0.25) is 0 Å². The quantitative estimate of drug-likeness (QED) is 0.166. The highest BCUT2D eigenvalue weighted by atomic mass is 35.5. The van der Waals surface area contributed by atoms with Crippen LogP contribution in [0.2, 0.25) is 10.0 Å². The maximum absolute atomic E-state index is 10.0. The molecule has 0 radical (unpaired) electrons.